The monoisotopic (exact) mass is 561 g/mol. The molecular formula is C32H43N5O4. The summed E-state index contributed by atoms with van der Waals surface area (Å²) in [6.07, 6.45) is 4.79. The molecule has 9 nitrogen and oxygen atoms in total. The molecule has 9 heteroatoms. The lowest BCUT2D eigenvalue weighted by Crippen LogP contribution is -2.53. The van der Waals surface area contributed by atoms with Gasteiger partial charge in [0.1, 0.15) is 0 Å². The van der Waals surface area contributed by atoms with Gasteiger partial charge in [0.25, 0.3) is 0 Å². The van der Waals surface area contributed by atoms with Gasteiger partial charge >= 0.3 is 12.0 Å². The van der Waals surface area contributed by atoms with Crippen LogP contribution in [-0.2, 0) is 22.5 Å². The van der Waals surface area contributed by atoms with Crippen LogP contribution in [0.4, 0.5) is 4.79 Å². The normalized spacial score (nSPS) is 24.6. The largest absolute Gasteiger partial charge is 0.469 e. The van der Waals surface area contributed by atoms with Gasteiger partial charge in [-0.05, 0) is 54.7 Å². The number of piperidine rings is 1. The van der Waals surface area contributed by atoms with Gasteiger partial charge in [-0.2, -0.15) is 0 Å². The van der Waals surface area contributed by atoms with E-state index in [1.807, 2.05) is 30.3 Å². The highest BCUT2D eigenvalue weighted by Gasteiger charge is 2.49. The number of nitrogens with two attached hydrogens (primary N) is 2. The van der Waals surface area contributed by atoms with Crippen LogP contribution in [0.3, 0.4) is 0 Å². The molecule has 2 aliphatic heterocycles. The van der Waals surface area contributed by atoms with Crippen molar-refractivity contribution in [2.45, 2.75) is 44.4 Å². The molecule has 0 spiro atoms. The van der Waals surface area contributed by atoms with Crippen LogP contribution in [0.1, 0.15) is 42.1 Å². The summed E-state index contributed by atoms with van der Waals surface area (Å²) in [4.78, 5) is 28.9. The summed E-state index contributed by atoms with van der Waals surface area (Å²) in [6, 6.07) is 17.9. The van der Waals surface area contributed by atoms with E-state index in [9.17, 15) is 14.7 Å². The number of H-pyrrole nitrogens is 1. The van der Waals surface area contributed by atoms with Crippen LogP contribution in [0.5, 0.6) is 0 Å². The molecule has 0 unspecified atom stereocenters. The first-order valence-corrected chi connectivity index (χ1v) is 14.4. The zero-order valence-electron chi connectivity index (χ0n) is 23.8. The Morgan fingerprint density at radius 1 is 1.17 bits per heavy atom. The molecule has 2 aromatic carbocycles. The highest BCUT2D eigenvalue weighted by Crippen LogP contribution is 2.49. The SMILES string of the molecule is C=CCN.COC(=O)[C@@H]1[C@H]2C[C@H]3c4[nH]c5ccccc5c4CCN3C[C@@H]2CC[C@@H]1O.NC(=O)NCc1ccccc1. The van der Waals surface area contributed by atoms with Gasteiger partial charge in [0.2, 0.25) is 0 Å². The molecule has 1 saturated carbocycles. The minimum atomic E-state index is -0.568. The number of carbonyl (C=O) groups is 2. The lowest BCUT2D eigenvalue weighted by atomic mass is 9.65. The highest BCUT2D eigenvalue weighted by atomic mass is 16.5. The number of ether oxygens (including phenoxy) is 1. The van der Waals surface area contributed by atoms with Gasteiger partial charge in [-0.3, -0.25) is 9.69 Å². The van der Waals surface area contributed by atoms with Gasteiger partial charge in [-0.1, -0.05) is 54.6 Å². The summed E-state index contributed by atoms with van der Waals surface area (Å²) in [5.41, 5.74) is 14.8. The van der Waals surface area contributed by atoms with Crippen molar-refractivity contribution < 1.29 is 19.4 Å². The third-order valence-electron chi connectivity index (χ3n) is 8.50. The van der Waals surface area contributed by atoms with Crippen molar-refractivity contribution in [1.29, 1.82) is 0 Å². The van der Waals surface area contributed by atoms with Crippen LogP contribution in [0.15, 0.2) is 67.3 Å². The molecule has 41 heavy (non-hydrogen) atoms. The molecule has 3 aromatic rings. The van der Waals surface area contributed by atoms with Crippen LogP contribution in [-0.4, -0.2) is 59.8 Å². The second-order valence-electron chi connectivity index (χ2n) is 10.9. The molecule has 1 saturated heterocycles. The van der Waals surface area contributed by atoms with Crippen LogP contribution < -0.4 is 16.8 Å². The first-order valence-electron chi connectivity index (χ1n) is 14.4. The van der Waals surface area contributed by atoms with E-state index in [-0.39, 0.29) is 17.8 Å². The zero-order valence-corrected chi connectivity index (χ0v) is 23.8. The molecule has 7 N–H and O–H groups in total. The zero-order chi connectivity index (χ0) is 29.4. The second kappa shape index (κ2) is 14.3. The molecule has 1 aliphatic carbocycles. The Morgan fingerprint density at radius 2 is 1.88 bits per heavy atom. The number of rotatable bonds is 4. The molecule has 3 heterocycles. The number of aromatic nitrogens is 1. The predicted octanol–water partition coefficient (Wildman–Crippen LogP) is 3.63. The van der Waals surface area contributed by atoms with Gasteiger partial charge in [-0.25, -0.2) is 4.79 Å². The third kappa shape index (κ3) is 7.16. The molecule has 2 amide bonds. The number of benzene rings is 2. The molecular weight excluding hydrogens is 518 g/mol. The average Bonchev–Trinajstić information content (AvgIpc) is 3.39. The Labute approximate surface area is 241 Å². The smallest absolute Gasteiger partial charge is 0.312 e. The average molecular weight is 562 g/mol. The fourth-order valence-electron chi connectivity index (χ4n) is 6.59. The van der Waals surface area contributed by atoms with Crippen LogP contribution in [0, 0.1) is 17.8 Å². The number of nitrogens with one attached hydrogen (secondary N) is 2. The van der Waals surface area contributed by atoms with E-state index in [0.29, 0.717) is 31.5 Å². The van der Waals surface area contributed by atoms with E-state index in [4.69, 9.17) is 16.2 Å². The lowest BCUT2D eigenvalue weighted by molar-refractivity contribution is -0.160. The van der Waals surface area contributed by atoms with E-state index >= 15 is 0 Å². The van der Waals surface area contributed by atoms with Crippen LogP contribution >= 0.6 is 0 Å². The number of primary amides is 1. The van der Waals surface area contributed by atoms with Crippen molar-refractivity contribution in [1.82, 2.24) is 15.2 Å². The van der Waals surface area contributed by atoms with Crippen LogP contribution in [0.2, 0.25) is 0 Å². The molecule has 2 fully saturated rings. The van der Waals surface area contributed by atoms with E-state index in [1.54, 1.807) is 6.08 Å². The number of fused-ring (bicyclic) bond motifs is 6. The first kappa shape index (κ1) is 30.3. The Morgan fingerprint density at radius 3 is 2.56 bits per heavy atom. The number of carbonyl (C=O) groups excluding carboxylic acids is 2. The number of hydrogen-bond acceptors (Lipinski definition) is 6. The number of urea groups is 1. The number of nitrogens with zero attached hydrogens (tertiary/aromatic N) is 1. The summed E-state index contributed by atoms with van der Waals surface area (Å²) in [7, 11) is 1.43. The Bertz CT molecular complexity index is 1310. The maximum absolute atomic E-state index is 12.4. The standard InChI is InChI=1S/C21H26N2O3.C8H10N2O.C3H7N/c1-26-21(25)19-15-10-17-20-14(13-4-2-3-5-16(13)22-20)8-9-23(17)11-12(15)6-7-18(19)24;9-8(11)10-6-7-4-2-1-3-5-7;1-2-3-4/h2-5,12,15,17-19,22,24H,6-11H2,1H3;1-5H,6H2,(H3,9,10,11);2H,1,3-4H2/t12-,15-,17-,18-,19+;;/m0../s1. The number of aromatic amines is 1. The molecule has 220 valence electrons. The van der Waals surface area contributed by atoms with Crippen molar-refractivity contribution in [2.24, 2.45) is 29.2 Å². The second-order valence-corrected chi connectivity index (χ2v) is 10.9. The minimum absolute atomic E-state index is 0.199. The predicted molar refractivity (Wildman–Crippen MR) is 161 cm³/mol. The Hall–Kier alpha value is -3.66. The number of aliphatic hydroxyl groups is 1. The van der Waals surface area contributed by atoms with Gasteiger partial charge in [0.15, 0.2) is 0 Å². The van der Waals surface area contributed by atoms with Gasteiger partial charge in [-0.15, -0.1) is 6.58 Å². The molecule has 0 bridgehead atoms. The quantitative estimate of drug-likeness (QED) is 0.243. The summed E-state index contributed by atoms with van der Waals surface area (Å²) in [6.45, 7) is 6.53. The van der Waals surface area contributed by atoms with Crippen molar-refractivity contribution >= 4 is 22.9 Å². The third-order valence-corrected chi connectivity index (χ3v) is 8.50. The van der Waals surface area contributed by atoms with Gasteiger partial charge < -0.3 is 31.6 Å². The van der Waals surface area contributed by atoms with Gasteiger partial charge in [0.05, 0.1) is 25.2 Å². The van der Waals surface area contributed by atoms with Crippen molar-refractivity contribution in [3.05, 3.63) is 84.1 Å². The first-order chi connectivity index (χ1) is 19.9. The molecule has 3 aliphatic rings. The molecule has 1 aromatic heterocycles. The van der Waals surface area contributed by atoms with E-state index in [1.165, 1.54) is 29.3 Å². The topological polar surface area (TPSA) is 147 Å². The minimum Gasteiger partial charge on any atom is -0.469 e. The van der Waals surface area contributed by atoms with E-state index in [2.05, 4.69) is 46.0 Å². The Kier molecular flexibility index (Phi) is 10.6. The van der Waals surface area contributed by atoms with Crippen LogP contribution in [0.25, 0.3) is 10.9 Å². The lowest BCUT2D eigenvalue weighted by Gasteiger charge is -2.50. The number of esters is 1. The van der Waals surface area contributed by atoms with Crippen molar-refractivity contribution in [3.63, 3.8) is 0 Å². The number of hydrogen-bond donors (Lipinski definition) is 5. The number of para-hydroxylation sites is 1. The summed E-state index contributed by atoms with van der Waals surface area (Å²) >= 11 is 0. The number of aliphatic hydroxyl groups excluding tert-OH is 1. The molecule has 6 rings (SSSR count). The van der Waals surface area contributed by atoms with Crippen molar-refractivity contribution in [3.8, 4) is 0 Å². The maximum atomic E-state index is 12.4. The summed E-state index contributed by atoms with van der Waals surface area (Å²) < 4.78 is 5.04. The summed E-state index contributed by atoms with van der Waals surface area (Å²) in [5, 5.41) is 14.3. The highest BCUT2D eigenvalue weighted by molar-refractivity contribution is 5.85. The van der Waals surface area contributed by atoms with E-state index < -0.39 is 12.1 Å². The molecule has 0 radical (unpaired) electrons. The Balaban J connectivity index is 0.000000215. The fraction of sp³-hybridized carbons (Fsp3) is 0.438. The van der Waals surface area contributed by atoms with Gasteiger partial charge in [0, 0.05) is 42.8 Å². The van der Waals surface area contributed by atoms with E-state index in [0.717, 1.165) is 37.9 Å². The van der Waals surface area contributed by atoms with Crippen molar-refractivity contribution in [2.75, 3.05) is 26.7 Å². The maximum Gasteiger partial charge on any atom is 0.312 e. The number of methoxy groups -OCH3 is 1. The summed E-state index contributed by atoms with van der Waals surface area (Å²) in [5.74, 6) is 0.0541. The molecule has 5 atom stereocenters. The number of amides is 2. The fourth-order valence-corrected chi connectivity index (χ4v) is 6.59.